The van der Waals surface area contributed by atoms with Gasteiger partial charge in [0.15, 0.2) is 0 Å². The average molecular weight is 305 g/mol. The van der Waals surface area contributed by atoms with Gasteiger partial charge in [0.05, 0.1) is 11.7 Å². The van der Waals surface area contributed by atoms with E-state index in [1.165, 1.54) is 0 Å². The second-order valence-electron chi connectivity index (χ2n) is 5.49. The van der Waals surface area contributed by atoms with E-state index in [-0.39, 0.29) is 30.2 Å². The fraction of sp³-hybridized carbons (Fsp3) is 0.818. The average Bonchev–Trinajstić information content (AvgIpc) is 2.86. The number of rotatable bonds is 5. The molecule has 0 saturated heterocycles. The van der Waals surface area contributed by atoms with Crippen molar-refractivity contribution < 1.29 is 23.1 Å². The highest BCUT2D eigenvalue weighted by atomic mass is 32.2. The summed E-state index contributed by atoms with van der Waals surface area (Å²) in [6, 6.07) is -0.918. The molecule has 4 unspecified atom stereocenters. The molecular weight excluding hydrogens is 286 g/mol. The lowest BCUT2D eigenvalue weighted by Gasteiger charge is -2.28. The summed E-state index contributed by atoms with van der Waals surface area (Å²) in [6.45, 7) is -0.0940. The van der Waals surface area contributed by atoms with Crippen LogP contribution in [0, 0.1) is 17.8 Å². The Hall–Kier alpha value is -1.35. The minimum absolute atomic E-state index is 0.0940. The van der Waals surface area contributed by atoms with Crippen LogP contribution in [-0.2, 0) is 14.8 Å². The molecule has 0 aromatic carbocycles. The van der Waals surface area contributed by atoms with Crippen LogP contribution in [0.4, 0.5) is 4.79 Å². The summed E-state index contributed by atoms with van der Waals surface area (Å²) in [5, 5.41) is 19.1. The second-order valence-corrected chi connectivity index (χ2v) is 7.22. The summed E-state index contributed by atoms with van der Waals surface area (Å²) in [4.78, 5) is 22.9. The lowest BCUT2D eigenvalue weighted by Crippen LogP contribution is -2.50. The first kappa shape index (κ1) is 15.0. The van der Waals surface area contributed by atoms with Crippen molar-refractivity contribution in [2.75, 3.05) is 12.3 Å². The quantitative estimate of drug-likeness (QED) is 0.520. The highest BCUT2D eigenvalue weighted by Crippen LogP contribution is 2.48. The van der Waals surface area contributed by atoms with Gasteiger partial charge in [0.1, 0.15) is 0 Å². The van der Waals surface area contributed by atoms with Crippen LogP contribution in [0.5, 0.6) is 0 Å². The molecule has 4 atom stereocenters. The molecule has 2 fully saturated rings. The summed E-state index contributed by atoms with van der Waals surface area (Å²) in [6.07, 6.45) is 2.66. The largest absolute Gasteiger partial charge is 0.481 e. The predicted molar refractivity (Wildman–Crippen MR) is 70.3 cm³/mol. The normalized spacial score (nSPS) is 32.0. The van der Waals surface area contributed by atoms with Crippen LogP contribution in [0.2, 0.25) is 0 Å². The zero-order valence-corrected chi connectivity index (χ0v) is 11.7. The lowest BCUT2D eigenvalue weighted by atomic mass is 9.84. The Bertz CT molecular complexity index is 506. The van der Waals surface area contributed by atoms with E-state index in [2.05, 4.69) is 10.6 Å². The number of hydrogen-bond acceptors (Lipinski definition) is 4. The van der Waals surface area contributed by atoms with Crippen molar-refractivity contribution in [2.45, 2.75) is 25.3 Å². The summed E-state index contributed by atoms with van der Waals surface area (Å²) in [5.41, 5.74) is 0. The molecule has 0 aromatic rings. The summed E-state index contributed by atoms with van der Waals surface area (Å²) < 4.78 is 21.5. The molecule has 0 aliphatic heterocycles. The Morgan fingerprint density at radius 2 is 1.90 bits per heavy atom. The van der Waals surface area contributed by atoms with Crippen LogP contribution in [0.25, 0.3) is 0 Å². The minimum Gasteiger partial charge on any atom is -0.481 e. The summed E-state index contributed by atoms with van der Waals surface area (Å²) >= 11 is 0. The molecule has 0 heterocycles. The lowest BCUT2D eigenvalue weighted by molar-refractivity contribution is -0.144. The van der Waals surface area contributed by atoms with Gasteiger partial charge in [-0.05, 0) is 31.1 Å². The van der Waals surface area contributed by atoms with E-state index in [4.69, 9.17) is 5.14 Å². The summed E-state index contributed by atoms with van der Waals surface area (Å²) in [5.74, 6) is -1.44. The zero-order valence-electron chi connectivity index (χ0n) is 10.9. The van der Waals surface area contributed by atoms with E-state index in [0.29, 0.717) is 0 Å². The molecule has 2 aliphatic carbocycles. The maximum atomic E-state index is 11.7. The van der Waals surface area contributed by atoms with Gasteiger partial charge < -0.3 is 15.7 Å². The number of urea groups is 1. The number of carboxylic acids is 1. The monoisotopic (exact) mass is 305 g/mol. The fourth-order valence-electron chi connectivity index (χ4n) is 3.36. The molecule has 2 bridgehead atoms. The SMILES string of the molecule is NS(=O)(=O)CCNC(=O)NC1C2CCC(C2)C1C(=O)O. The van der Waals surface area contributed by atoms with Crippen LogP contribution in [0.1, 0.15) is 19.3 Å². The second kappa shape index (κ2) is 5.57. The van der Waals surface area contributed by atoms with Gasteiger partial charge in [0, 0.05) is 12.6 Å². The van der Waals surface area contributed by atoms with Gasteiger partial charge in [0.2, 0.25) is 10.0 Å². The van der Waals surface area contributed by atoms with Gasteiger partial charge in [-0.2, -0.15) is 0 Å². The highest BCUT2D eigenvalue weighted by molar-refractivity contribution is 7.89. The van der Waals surface area contributed by atoms with E-state index in [1.54, 1.807) is 0 Å². The van der Waals surface area contributed by atoms with Crippen LogP contribution in [-0.4, -0.2) is 43.9 Å². The third-order valence-electron chi connectivity index (χ3n) is 4.17. The molecular formula is C11H19N3O5S. The molecule has 0 aromatic heterocycles. The van der Waals surface area contributed by atoms with Gasteiger partial charge in [-0.15, -0.1) is 0 Å². The zero-order chi connectivity index (χ0) is 14.9. The molecule has 8 nitrogen and oxygen atoms in total. The van der Waals surface area contributed by atoms with Gasteiger partial charge >= 0.3 is 12.0 Å². The number of primary sulfonamides is 1. The minimum atomic E-state index is -3.62. The van der Waals surface area contributed by atoms with E-state index in [9.17, 15) is 23.1 Å². The van der Waals surface area contributed by atoms with Crippen LogP contribution < -0.4 is 15.8 Å². The number of hydrogen-bond donors (Lipinski definition) is 4. The van der Waals surface area contributed by atoms with Crippen molar-refractivity contribution in [3.8, 4) is 0 Å². The van der Waals surface area contributed by atoms with E-state index in [0.717, 1.165) is 19.3 Å². The Morgan fingerprint density at radius 3 is 2.50 bits per heavy atom. The van der Waals surface area contributed by atoms with Crippen LogP contribution in [0.15, 0.2) is 0 Å². The third-order valence-corrected chi connectivity index (χ3v) is 4.94. The molecule has 2 rings (SSSR count). The van der Waals surface area contributed by atoms with Crippen molar-refractivity contribution in [1.29, 1.82) is 0 Å². The predicted octanol–water partition coefficient (Wildman–Crippen LogP) is -0.927. The van der Waals surface area contributed by atoms with Crippen LogP contribution >= 0.6 is 0 Å². The van der Waals surface area contributed by atoms with Gasteiger partial charge in [-0.25, -0.2) is 18.4 Å². The Kier molecular flexibility index (Phi) is 4.19. The molecule has 0 radical (unpaired) electrons. The molecule has 0 spiro atoms. The van der Waals surface area contributed by atoms with Gasteiger partial charge in [-0.3, -0.25) is 4.79 Å². The van der Waals surface area contributed by atoms with Gasteiger partial charge in [-0.1, -0.05) is 0 Å². The highest BCUT2D eigenvalue weighted by Gasteiger charge is 2.51. The Morgan fingerprint density at radius 1 is 1.25 bits per heavy atom. The van der Waals surface area contributed by atoms with Crippen molar-refractivity contribution in [1.82, 2.24) is 10.6 Å². The van der Waals surface area contributed by atoms with Gasteiger partial charge in [0.25, 0.3) is 0 Å². The molecule has 5 N–H and O–H groups in total. The first-order valence-corrected chi connectivity index (χ1v) is 8.27. The fourth-order valence-corrected chi connectivity index (χ4v) is 3.75. The number of nitrogens with one attached hydrogen (secondary N) is 2. The van der Waals surface area contributed by atoms with Crippen LogP contribution in [0.3, 0.4) is 0 Å². The van der Waals surface area contributed by atoms with E-state index in [1.807, 2.05) is 0 Å². The number of carbonyl (C=O) groups excluding carboxylic acids is 1. The maximum Gasteiger partial charge on any atom is 0.315 e. The number of nitrogens with two attached hydrogens (primary N) is 1. The topological polar surface area (TPSA) is 139 Å². The number of carboxylic acid groups (broad SMARTS) is 1. The van der Waals surface area contributed by atoms with Crippen molar-refractivity contribution in [2.24, 2.45) is 22.9 Å². The number of amides is 2. The molecule has 9 heteroatoms. The summed E-state index contributed by atoms with van der Waals surface area (Å²) in [7, 11) is -3.62. The molecule has 2 amide bonds. The Balaban J connectivity index is 1.86. The standard InChI is InChI=1S/C11H19N3O5S/c12-20(18,19)4-3-13-11(17)14-9-7-2-1-6(5-7)8(9)10(15)16/h6-9H,1-5H2,(H,15,16)(H2,12,18,19)(H2,13,14,17). The van der Waals surface area contributed by atoms with Crippen molar-refractivity contribution in [3.05, 3.63) is 0 Å². The molecule has 114 valence electrons. The first-order valence-electron chi connectivity index (χ1n) is 6.55. The Labute approximate surface area is 117 Å². The molecule has 2 saturated carbocycles. The number of carbonyl (C=O) groups is 2. The molecule has 20 heavy (non-hydrogen) atoms. The van der Waals surface area contributed by atoms with E-state index < -0.39 is 27.9 Å². The third kappa shape index (κ3) is 3.40. The maximum absolute atomic E-state index is 11.7. The smallest absolute Gasteiger partial charge is 0.315 e. The number of sulfonamides is 1. The molecule has 2 aliphatic rings. The van der Waals surface area contributed by atoms with E-state index >= 15 is 0 Å². The van der Waals surface area contributed by atoms with Crippen molar-refractivity contribution >= 4 is 22.0 Å². The number of fused-ring (bicyclic) bond motifs is 2. The first-order chi connectivity index (χ1) is 9.28. The number of aliphatic carboxylic acids is 1. The van der Waals surface area contributed by atoms with Crippen molar-refractivity contribution in [3.63, 3.8) is 0 Å².